The number of carbonyl (C=O) groups excluding carboxylic acids is 1. The minimum Gasteiger partial charge on any atom is -0.447 e. The van der Waals surface area contributed by atoms with Gasteiger partial charge in [-0.25, -0.2) is 9.37 Å². The zero-order chi connectivity index (χ0) is 26.4. The van der Waals surface area contributed by atoms with Gasteiger partial charge in [-0.05, 0) is 47.9 Å². The van der Waals surface area contributed by atoms with Crippen LogP contribution in [-0.2, 0) is 25.8 Å². The first-order valence-electron chi connectivity index (χ1n) is 11.6. The minimum atomic E-state index is -4.42. The highest BCUT2D eigenvalue weighted by molar-refractivity contribution is 5.92. The Morgan fingerprint density at radius 1 is 0.919 bits per heavy atom. The Hall–Kier alpha value is -3.98. The van der Waals surface area contributed by atoms with Crippen LogP contribution in [0.3, 0.4) is 0 Å². The molecular formula is C28H25F4N3O2. The largest absolute Gasteiger partial charge is 0.447 e. The van der Waals surface area contributed by atoms with Gasteiger partial charge in [-0.15, -0.1) is 0 Å². The van der Waals surface area contributed by atoms with Gasteiger partial charge < -0.3 is 9.73 Å². The van der Waals surface area contributed by atoms with Crippen LogP contribution >= 0.6 is 0 Å². The summed E-state index contributed by atoms with van der Waals surface area (Å²) in [6.07, 6.45) is -3.14. The van der Waals surface area contributed by atoms with Gasteiger partial charge in [0.2, 0.25) is 5.89 Å². The molecule has 0 saturated carbocycles. The summed E-state index contributed by atoms with van der Waals surface area (Å²) in [6.45, 7) is 2.68. The van der Waals surface area contributed by atoms with E-state index in [9.17, 15) is 22.4 Å². The Bertz CT molecular complexity index is 1300. The molecular weight excluding hydrogens is 486 g/mol. The number of benzene rings is 3. The van der Waals surface area contributed by atoms with Crippen molar-refractivity contribution < 1.29 is 26.8 Å². The average Bonchev–Trinajstić information content (AvgIpc) is 3.34. The van der Waals surface area contributed by atoms with Crippen LogP contribution in [0.5, 0.6) is 0 Å². The second kappa shape index (κ2) is 11.4. The second-order valence-corrected chi connectivity index (χ2v) is 8.70. The number of nitrogens with one attached hydrogen (secondary N) is 1. The molecule has 0 aliphatic heterocycles. The SMILES string of the molecule is C[C@@H](NC(=O)c1coc(CN(Cc2ccc(F)cc2)Cc2ccc(C(F)(F)F)cc2)n1)c1ccccc1. The Labute approximate surface area is 211 Å². The normalized spacial score (nSPS) is 12.5. The molecule has 1 amide bonds. The molecule has 0 unspecified atom stereocenters. The topological polar surface area (TPSA) is 58.4 Å². The summed E-state index contributed by atoms with van der Waals surface area (Å²) < 4.78 is 57.7. The summed E-state index contributed by atoms with van der Waals surface area (Å²) in [5, 5.41) is 2.88. The monoisotopic (exact) mass is 511 g/mol. The number of hydrogen-bond acceptors (Lipinski definition) is 4. The summed E-state index contributed by atoms with van der Waals surface area (Å²) in [4.78, 5) is 18.9. The molecule has 4 rings (SSSR count). The van der Waals surface area contributed by atoms with Crippen molar-refractivity contribution in [3.63, 3.8) is 0 Å². The van der Waals surface area contributed by atoms with E-state index in [0.717, 1.165) is 23.3 Å². The number of halogens is 4. The van der Waals surface area contributed by atoms with Crippen molar-refractivity contribution in [2.75, 3.05) is 0 Å². The molecule has 0 spiro atoms. The summed E-state index contributed by atoms with van der Waals surface area (Å²) in [7, 11) is 0. The first-order valence-corrected chi connectivity index (χ1v) is 11.6. The first-order chi connectivity index (χ1) is 17.7. The van der Waals surface area contributed by atoms with Crippen molar-refractivity contribution in [1.82, 2.24) is 15.2 Å². The number of amides is 1. The van der Waals surface area contributed by atoms with Crippen LogP contribution in [0.25, 0.3) is 0 Å². The molecule has 0 saturated heterocycles. The molecule has 9 heteroatoms. The zero-order valence-electron chi connectivity index (χ0n) is 20.0. The van der Waals surface area contributed by atoms with Crippen molar-refractivity contribution in [3.8, 4) is 0 Å². The Balaban J connectivity index is 1.47. The smallest absolute Gasteiger partial charge is 0.416 e. The van der Waals surface area contributed by atoms with Crippen LogP contribution in [-0.4, -0.2) is 15.8 Å². The fourth-order valence-electron chi connectivity index (χ4n) is 3.85. The van der Waals surface area contributed by atoms with Crippen molar-refractivity contribution in [2.24, 2.45) is 0 Å². The van der Waals surface area contributed by atoms with E-state index >= 15 is 0 Å². The van der Waals surface area contributed by atoms with E-state index in [2.05, 4.69) is 10.3 Å². The molecule has 1 aromatic heterocycles. The van der Waals surface area contributed by atoms with Gasteiger partial charge in [-0.1, -0.05) is 54.6 Å². The molecule has 37 heavy (non-hydrogen) atoms. The number of nitrogens with zero attached hydrogens (tertiary/aromatic N) is 2. The molecule has 1 heterocycles. The fraction of sp³-hybridized carbons (Fsp3) is 0.214. The average molecular weight is 512 g/mol. The molecule has 5 nitrogen and oxygen atoms in total. The molecule has 192 valence electrons. The van der Waals surface area contributed by atoms with Crippen molar-refractivity contribution in [2.45, 2.75) is 38.8 Å². The van der Waals surface area contributed by atoms with Gasteiger partial charge in [0.15, 0.2) is 5.69 Å². The highest BCUT2D eigenvalue weighted by atomic mass is 19.4. The van der Waals surface area contributed by atoms with Gasteiger partial charge in [-0.2, -0.15) is 13.2 Å². The molecule has 1 atom stereocenters. The second-order valence-electron chi connectivity index (χ2n) is 8.70. The highest BCUT2D eigenvalue weighted by Crippen LogP contribution is 2.29. The van der Waals surface area contributed by atoms with Crippen LogP contribution in [0.2, 0.25) is 0 Å². The summed E-state index contributed by atoms with van der Waals surface area (Å²) >= 11 is 0. The molecule has 4 aromatic rings. The van der Waals surface area contributed by atoms with Crippen molar-refractivity contribution >= 4 is 5.91 Å². The van der Waals surface area contributed by atoms with Gasteiger partial charge in [0.1, 0.15) is 12.1 Å². The maximum absolute atomic E-state index is 13.4. The van der Waals surface area contributed by atoms with E-state index in [1.165, 1.54) is 30.5 Å². The number of alkyl halides is 3. The lowest BCUT2D eigenvalue weighted by molar-refractivity contribution is -0.137. The third-order valence-electron chi connectivity index (χ3n) is 5.80. The number of aromatic nitrogens is 1. The predicted octanol–water partition coefficient (Wildman–Crippen LogP) is 6.53. The Morgan fingerprint density at radius 3 is 2.11 bits per heavy atom. The molecule has 0 fully saturated rings. The maximum Gasteiger partial charge on any atom is 0.416 e. The van der Waals surface area contributed by atoms with Crippen LogP contribution in [0.1, 0.15) is 51.6 Å². The molecule has 1 N–H and O–H groups in total. The third kappa shape index (κ3) is 7.27. The Morgan fingerprint density at radius 2 is 1.51 bits per heavy atom. The van der Waals surface area contributed by atoms with Crippen LogP contribution in [0.4, 0.5) is 17.6 Å². The summed E-state index contributed by atoms with van der Waals surface area (Å²) in [5.41, 5.74) is 1.79. The molecule has 3 aromatic carbocycles. The standard InChI is InChI=1S/C28H25F4N3O2/c1-19(22-5-3-2-4-6-22)33-27(36)25-18-37-26(34-25)17-35(16-21-9-13-24(29)14-10-21)15-20-7-11-23(12-8-20)28(30,31)32/h2-14,18-19H,15-17H2,1H3,(H,33,36)/t19-/m1/s1. The van der Waals surface area contributed by atoms with Crippen molar-refractivity contribution in [1.29, 1.82) is 0 Å². The summed E-state index contributed by atoms with van der Waals surface area (Å²) in [5.74, 6) is -0.489. The Kier molecular flexibility index (Phi) is 8.03. The number of carbonyl (C=O) groups is 1. The minimum absolute atomic E-state index is 0.119. The quantitative estimate of drug-likeness (QED) is 0.260. The van der Waals surface area contributed by atoms with E-state index in [1.54, 1.807) is 12.1 Å². The number of hydrogen-bond donors (Lipinski definition) is 1. The lowest BCUT2D eigenvalue weighted by atomic mass is 10.1. The van der Waals surface area contributed by atoms with Gasteiger partial charge in [-0.3, -0.25) is 9.69 Å². The van der Waals surface area contributed by atoms with Crippen molar-refractivity contribution in [3.05, 3.63) is 125 Å². The van der Waals surface area contributed by atoms with Crippen LogP contribution < -0.4 is 5.32 Å². The maximum atomic E-state index is 13.4. The van der Waals surface area contributed by atoms with Gasteiger partial charge in [0.25, 0.3) is 5.91 Å². The molecule has 0 bridgehead atoms. The lowest BCUT2D eigenvalue weighted by Gasteiger charge is -2.21. The van der Waals surface area contributed by atoms with Crippen LogP contribution in [0.15, 0.2) is 89.5 Å². The first kappa shape index (κ1) is 26.1. The van der Waals surface area contributed by atoms with E-state index < -0.39 is 11.7 Å². The lowest BCUT2D eigenvalue weighted by Crippen LogP contribution is -2.27. The van der Waals surface area contributed by atoms with Gasteiger partial charge >= 0.3 is 6.18 Å². The zero-order valence-corrected chi connectivity index (χ0v) is 20.0. The summed E-state index contributed by atoms with van der Waals surface area (Å²) in [6, 6.07) is 20.1. The molecule has 0 aliphatic carbocycles. The molecule has 0 aliphatic rings. The van der Waals surface area contributed by atoms with E-state index in [0.29, 0.717) is 12.1 Å². The third-order valence-corrected chi connectivity index (χ3v) is 5.80. The van der Waals surface area contributed by atoms with E-state index in [1.807, 2.05) is 42.2 Å². The number of oxazole rings is 1. The number of rotatable bonds is 9. The predicted molar refractivity (Wildman–Crippen MR) is 130 cm³/mol. The van der Waals surface area contributed by atoms with E-state index in [-0.39, 0.29) is 42.4 Å². The van der Waals surface area contributed by atoms with Gasteiger partial charge in [0, 0.05) is 13.1 Å². The fourth-order valence-corrected chi connectivity index (χ4v) is 3.85. The molecule has 0 radical (unpaired) electrons. The highest BCUT2D eigenvalue weighted by Gasteiger charge is 2.30. The van der Waals surface area contributed by atoms with Gasteiger partial charge in [0.05, 0.1) is 18.2 Å². The van der Waals surface area contributed by atoms with Crippen LogP contribution in [0, 0.1) is 5.82 Å². The van der Waals surface area contributed by atoms with E-state index in [4.69, 9.17) is 4.42 Å².